The number of aromatic nitrogens is 1. The lowest BCUT2D eigenvalue weighted by atomic mass is 9.90. The van der Waals surface area contributed by atoms with E-state index >= 15 is 0 Å². The summed E-state index contributed by atoms with van der Waals surface area (Å²) in [6.07, 6.45) is 0.972. The van der Waals surface area contributed by atoms with Crippen molar-refractivity contribution in [2.75, 3.05) is 20.1 Å². The molecule has 1 aromatic carbocycles. The maximum Gasteiger partial charge on any atom is 0.0954 e. The number of nitrogens with one attached hydrogen (secondary N) is 1. The van der Waals surface area contributed by atoms with Gasteiger partial charge in [0, 0.05) is 18.0 Å². The average Bonchev–Trinajstić information content (AvgIpc) is 2.88. The summed E-state index contributed by atoms with van der Waals surface area (Å²) in [6, 6.07) is 8.78. The van der Waals surface area contributed by atoms with Crippen molar-refractivity contribution in [2.45, 2.75) is 45.7 Å². The lowest BCUT2D eigenvalue weighted by Gasteiger charge is -2.43. The number of fused-ring (bicyclic) bond motifs is 1. The van der Waals surface area contributed by atoms with Crippen LogP contribution < -0.4 is 5.32 Å². The van der Waals surface area contributed by atoms with E-state index in [2.05, 4.69) is 69.2 Å². The van der Waals surface area contributed by atoms with Crippen LogP contribution in [0.25, 0.3) is 10.2 Å². The van der Waals surface area contributed by atoms with E-state index in [9.17, 15) is 0 Å². The van der Waals surface area contributed by atoms with Gasteiger partial charge in [0.15, 0.2) is 0 Å². The standard InChI is InChI=1S/C17H27N3S/c1-6-20(7-2)17(3,4)15(18-5)12-16-19-13-10-8-9-11-14(13)21-16/h8-11,15,18H,6-7,12H2,1-5H3. The number of likely N-dealkylation sites (N-methyl/N-ethyl adjacent to an activating group) is 2. The highest BCUT2D eigenvalue weighted by Gasteiger charge is 2.33. The van der Waals surface area contributed by atoms with Crippen LogP contribution in [0.5, 0.6) is 0 Å². The maximum absolute atomic E-state index is 4.78. The molecule has 0 aliphatic rings. The highest BCUT2D eigenvalue weighted by Crippen LogP contribution is 2.26. The predicted octanol–water partition coefficient (Wildman–Crippen LogP) is 3.55. The molecule has 21 heavy (non-hydrogen) atoms. The van der Waals surface area contributed by atoms with Gasteiger partial charge in [-0.05, 0) is 46.1 Å². The number of hydrogen-bond donors (Lipinski definition) is 1. The molecule has 4 heteroatoms. The number of benzene rings is 1. The number of thiazole rings is 1. The van der Waals surface area contributed by atoms with Crippen molar-refractivity contribution in [3.8, 4) is 0 Å². The Labute approximate surface area is 132 Å². The van der Waals surface area contributed by atoms with Gasteiger partial charge in [-0.15, -0.1) is 11.3 Å². The zero-order valence-corrected chi connectivity index (χ0v) is 14.6. The van der Waals surface area contributed by atoms with E-state index in [0.29, 0.717) is 6.04 Å². The second-order valence-corrected chi connectivity index (χ2v) is 7.06. The van der Waals surface area contributed by atoms with Crippen LogP contribution in [0.2, 0.25) is 0 Å². The summed E-state index contributed by atoms with van der Waals surface area (Å²) in [5, 5.41) is 4.73. The molecule has 1 N–H and O–H groups in total. The van der Waals surface area contributed by atoms with Gasteiger partial charge in [-0.25, -0.2) is 4.98 Å². The molecule has 0 fully saturated rings. The number of nitrogens with zero attached hydrogens (tertiary/aromatic N) is 2. The third-order valence-electron chi connectivity index (χ3n) is 4.50. The Morgan fingerprint density at radius 1 is 1.24 bits per heavy atom. The van der Waals surface area contributed by atoms with Crippen molar-refractivity contribution < 1.29 is 0 Å². The number of hydrogen-bond acceptors (Lipinski definition) is 4. The van der Waals surface area contributed by atoms with Crippen molar-refractivity contribution in [2.24, 2.45) is 0 Å². The normalized spacial score (nSPS) is 14.0. The molecule has 0 saturated carbocycles. The second kappa shape index (κ2) is 6.86. The van der Waals surface area contributed by atoms with Crippen LogP contribution in [0.15, 0.2) is 24.3 Å². The van der Waals surface area contributed by atoms with E-state index in [1.807, 2.05) is 11.3 Å². The summed E-state index contributed by atoms with van der Waals surface area (Å²) >= 11 is 1.81. The molecule has 0 aliphatic heterocycles. The predicted molar refractivity (Wildman–Crippen MR) is 93.2 cm³/mol. The van der Waals surface area contributed by atoms with Crippen LogP contribution in [-0.4, -0.2) is 41.6 Å². The summed E-state index contributed by atoms with van der Waals surface area (Å²) in [4.78, 5) is 7.30. The van der Waals surface area contributed by atoms with Crippen LogP contribution >= 0.6 is 11.3 Å². The van der Waals surface area contributed by atoms with Crippen molar-refractivity contribution in [3.05, 3.63) is 29.3 Å². The van der Waals surface area contributed by atoms with Crippen LogP contribution in [0, 0.1) is 0 Å². The minimum absolute atomic E-state index is 0.107. The van der Waals surface area contributed by atoms with Gasteiger partial charge in [0.1, 0.15) is 0 Å². The molecule has 0 amide bonds. The minimum atomic E-state index is 0.107. The quantitative estimate of drug-likeness (QED) is 0.848. The van der Waals surface area contributed by atoms with Gasteiger partial charge in [0.05, 0.1) is 15.2 Å². The zero-order chi connectivity index (χ0) is 15.5. The van der Waals surface area contributed by atoms with Crippen molar-refractivity contribution in [1.29, 1.82) is 0 Å². The first-order valence-electron chi connectivity index (χ1n) is 7.79. The molecule has 0 saturated heterocycles. The van der Waals surface area contributed by atoms with Gasteiger partial charge in [-0.2, -0.15) is 0 Å². The Hall–Kier alpha value is -0.970. The molecule has 3 nitrogen and oxygen atoms in total. The van der Waals surface area contributed by atoms with Gasteiger partial charge in [0.25, 0.3) is 0 Å². The Morgan fingerprint density at radius 3 is 2.48 bits per heavy atom. The summed E-state index contributed by atoms with van der Waals surface area (Å²) in [5.41, 5.74) is 1.23. The van der Waals surface area contributed by atoms with Gasteiger partial charge < -0.3 is 5.32 Å². The van der Waals surface area contributed by atoms with E-state index in [4.69, 9.17) is 4.98 Å². The lowest BCUT2D eigenvalue weighted by Crippen LogP contribution is -2.57. The van der Waals surface area contributed by atoms with Crippen molar-refractivity contribution in [3.63, 3.8) is 0 Å². The van der Waals surface area contributed by atoms with Gasteiger partial charge in [-0.3, -0.25) is 4.90 Å². The van der Waals surface area contributed by atoms with Crippen LogP contribution in [0.3, 0.4) is 0 Å². The molecule has 0 radical (unpaired) electrons. The van der Waals surface area contributed by atoms with E-state index < -0.39 is 0 Å². The molecule has 1 heterocycles. The van der Waals surface area contributed by atoms with Crippen LogP contribution in [0.1, 0.15) is 32.7 Å². The largest absolute Gasteiger partial charge is 0.315 e. The summed E-state index contributed by atoms with van der Waals surface area (Å²) in [5.74, 6) is 0. The maximum atomic E-state index is 4.78. The fourth-order valence-electron chi connectivity index (χ4n) is 3.15. The minimum Gasteiger partial charge on any atom is -0.315 e. The van der Waals surface area contributed by atoms with Gasteiger partial charge in [-0.1, -0.05) is 26.0 Å². The van der Waals surface area contributed by atoms with E-state index in [-0.39, 0.29) is 5.54 Å². The smallest absolute Gasteiger partial charge is 0.0954 e. The molecule has 116 valence electrons. The molecule has 0 aliphatic carbocycles. The Morgan fingerprint density at radius 2 is 1.90 bits per heavy atom. The third kappa shape index (κ3) is 3.44. The molecular weight excluding hydrogens is 278 g/mol. The Bertz CT molecular complexity index is 539. The Balaban J connectivity index is 2.21. The molecule has 1 unspecified atom stereocenters. The van der Waals surface area contributed by atoms with Crippen LogP contribution in [0.4, 0.5) is 0 Å². The van der Waals surface area contributed by atoms with Crippen molar-refractivity contribution >= 4 is 21.6 Å². The molecule has 1 atom stereocenters. The fourth-order valence-corrected chi connectivity index (χ4v) is 4.16. The molecule has 2 rings (SSSR count). The van der Waals surface area contributed by atoms with E-state index in [0.717, 1.165) is 25.0 Å². The molecule has 2 aromatic rings. The first kappa shape index (κ1) is 16.4. The highest BCUT2D eigenvalue weighted by molar-refractivity contribution is 7.18. The second-order valence-electron chi connectivity index (χ2n) is 5.95. The summed E-state index contributed by atoms with van der Waals surface area (Å²) in [6.45, 7) is 11.3. The Kier molecular flexibility index (Phi) is 5.36. The lowest BCUT2D eigenvalue weighted by molar-refractivity contribution is 0.0943. The number of rotatable bonds is 7. The molecule has 0 bridgehead atoms. The third-order valence-corrected chi connectivity index (χ3v) is 5.56. The first-order valence-corrected chi connectivity index (χ1v) is 8.61. The highest BCUT2D eigenvalue weighted by atomic mass is 32.1. The fraction of sp³-hybridized carbons (Fsp3) is 0.588. The SMILES string of the molecule is CCN(CC)C(C)(C)C(Cc1nc2ccccc2s1)NC. The van der Waals surface area contributed by atoms with E-state index in [1.165, 1.54) is 9.71 Å². The zero-order valence-electron chi connectivity index (χ0n) is 13.8. The summed E-state index contributed by atoms with van der Waals surface area (Å²) in [7, 11) is 2.06. The summed E-state index contributed by atoms with van der Waals surface area (Å²) < 4.78 is 1.28. The average molecular weight is 305 g/mol. The van der Waals surface area contributed by atoms with Crippen LogP contribution in [-0.2, 0) is 6.42 Å². The molecule has 1 aromatic heterocycles. The first-order chi connectivity index (χ1) is 10.0. The van der Waals surface area contributed by atoms with Crippen molar-refractivity contribution in [1.82, 2.24) is 15.2 Å². The molecular formula is C17H27N3S. The van der Waals surface area contributed by atoms with Gasteiger partial charge in [0.2, 0.25) is 0 Å². The number of para-hydroxylation sites is 1. The van der Waals surface area contributed by atoms with E-state index in [1.54, 1.807) is 0 Å². The monoisotopic (exact) mass is 305 g/mol. The topological polar surface area (TPSA) is 28.2 Å². The van der Waals surface area contributed by atoms with Gasteiger partial charge >= 0.3 is 0 Å². The molecule has 0 spiro atoms.